The lowest BCUT2D eigenvalue weighted by Gasteiger charge is -2.51. The maximum absolute atomic E-state index is 12.7. The summed E-state index contributed by atoms with van der Waals surface area (Å²) in [7, 11) is 0. The quantitative estimate of drug-likeness (QED) is 0.811. The van der Waals surface area contributed by atoms with Gasteiger partial charge in [0, 0.05) is 10.3 Å². The molecule has 24 heavy (non-hydrogen) atoms. The molecule has 1 aromatic rings. The number of benzene rings is 1. The van der Waals surface area contributed by atoms with E-state index >= 15 is 0 Å². The molecule has 0 bridgehead atoms. The summed E-state index contributed by atoms with van der Waals surface area (Å²) in [5, 5.41) is 11.9. The number of nitrogens with zero attached hydrogens (tertiary/aromatic N) is 1. The molecule has 2 saturated heterocycles. The molecule has 2 amide bonds. The topological polar surface area (TPSA) is 86.7 Å². The molecular formula is C17H20N2O4S. The molecule has 0 aliphatic carbocycles. The van der Waals surface area contributed by atoms with Gasteiger partial charge in [-0.1, -0.05) is 18.2 Å². The molecule has 1 aromatic carbocycles. The number of β-lactam (4-membered cyclic amide) rings is 1. The summed E-state index contributed by atoms with van der Waals surface area (Å²) in [6.45, 7) is 7.12. The van der Waals surface area contributed by atoms with Crippen molar-refractivity contribution in [2.75, 3.05) is 0 Å². The summed E-state index contributed by atoms with van der Waals surface area (Å²) in [6, 6.07) is 6.27. The van der Waals surface area contributed by atoms with Gasteiger partial charge in [-0.15, -0.1) is 11.8 Å². The number of carbonyl (C=O) groups excluding carboxylic acids is 2. The molecule has 3 atom stereocenters. The number of carbonyl (C=O) groups is 3. The normalized spacial score (nSPS) is 30.5. The molecule has 0 saturated carbocycles. The average Bonchev–Trinajstić information content (AvgIpc) is 2.77. The number of hydrogen-bond acceptors (Lipinski definition) is 4. The number of nitrogens with one attached hydrogen (secondary N) is 1. The Hall–Kier alpha value is -2.02. The fourth-order valence-corrected chi connectivity index (χ4v) is 5.11. The number of amides is 2. The summed E-state index contributed by atoms with van der Waals surface area (Å²) in [4.78, 5) is 38.2. The SMILES string of the molecule is Cc1ccccc1C(=O)N[C@@]1(C)C(=O)N2[C@@H](C(=O)O)C(C)(C)S[C@@H]21. The number of aliphatic carboxylic acids is 1. The zero-order valence-electron chi connectivity index (χ0n) is 14.0. The highest BCUT2D eigenvalue weighted by atomic mass is 32.2. The lowest BCUT2D eigenvalue weighted by Crippen LogP contribution is -2.78. The zero-order valence-corrected chi connectivity index (χ0v) is 14.8. The van der Waals surface area contributed by atoms with E-state index in [1.54, 1.807) is 19.1 Å². The number of carboxylic acids is 1. The minimum atomic E-state index is -1.09. The van der Waals surface area contributed by atoms with E-state index in [1.165, 1.54) is 16.7 Å². The first-order valence-electron chi connectivity index (χ1n) is 7.71. The molecule has 0 radical (unpaired) electrons. The van der Waals surface area contributed by atoms with E-state index in [0.29, 0.717) is 5.56 Å². The molecule has 2 aliphatic heterocycles. The molecule has 6 nitrogen and oxygen atoms in total. The first-order valence-corrected chi connectivity index (χ1v) is 8.59. The highest BCUT2D eigenvalue weighted by Gasteiger charge is 2.70. The maximum atomic E-state index is 12.7. The molecule has 7 heteroatoms. The monoisotopic (exact) mass is 348 g/mol. The van der Waals surface area contributed by atoms with Crippen LogP contribution in [0.25, 0.3) is 0 Å². The summed E-state index contributed by atoms with van der Waals surface area (Å²) >= 11 is 1.42. The largest absolute Gasteiger partial charge is 0.480 e. The summed E-state index contributed by atoms with van der Waals surface area (Å²) < 4.78 is -0.614. The van der Waals surface area contributed by atoms with Crippen molar-refractivity contribution in [2.45, 2.75) is 49.4 Å². The number of carboxylic acid groups (broad SMARTS) is 1. The minimum absolute atomic E-state index is 0.319. The zero-order chi connectivity index (χ0) is 17.9. The Morgan fingerprint density at radius 3 is 2.46 bits per heavy atom. The standard InChI is InChI=1S/C17H20N2O4S/c1-9-7-5-6-8-10(9)12(20)18-17(4)14(23)19-11(13(21)22)16(2,3)24-15(17)19/h5-8,11,15H,1-4H3,(H,18,20)(H,21,22)/t11-,15+,17-/m0/s1. The van der Waals surface area contributed by atoms with E-state index < -0.39 is 22.3 Å². The van der Waals surface area contributed by atoms with Crippen molar-refractivity contribution in [3.63, 3.8) is 0 Å². The molecule has 2 fully saturated rings. The van der Waals surface area contributed by atoms with Gasteiger partial charge in [0.2, 0.25) is 0 Å². The summed E-state index contributed by atoms with van der Waals surface area (Å²) in [6.07, 6.45) is 0. The minimum Gasteiger partial charge on any atom is -0.480 e. The van der Waals surface area contributed by atoms with Crippen LogP contribution in [-0.4, -0.2) is 49.5 Å². The van der Waals surface area contributed by atoms with Crippen LogP contribution >= 0.6 is 11.8 Å². The Balaban J connectivity index is 1.86. The molecule has 2 N–H and O–H groups in total. The van der Waals surface area contributed by atoms with Gasteiger partial charge in [0.1, 0.15) is 17.0 Å². The second kappa shape index (κ2) is 5.24. The van der Waals surface area contributed by atoms with Crippen LogP contribution in [0.2, 0.25) is 0 Å². The first-order chi connectivity index (χ1) is 11.1. The predicted octanol–water partition coefficient (Wildman–Crippen LogP) is 1.63. The second-order valence-electron chi connectivity index (χ2n) is 7.00. The molecule has 0 unspecified atom stereocenters. The van der Waals surface area contributed by atoms with Gasteiger partial charge in [-0.25, -0.2) is 4.79 Å². The van der Waals surface area contributed by atoms with Crippen LogP contribution in [0.4, 0.5) is 0 Å². The molecule has 128 valence electrons. The smallest absolute Gasteiger partial charge is 0.327 e. The third-order valence-corrected chi connectivity index (χ3v) is 6.53. The van der Waals surface area contributed by atoms with Gasteiger partial charge in [0.25, 0.3) is 11.8 Å². The highest BCUT2D eigenvalue weighted by molar-refractivity contribution is 8.01. The Morgan fingerprint density at radius 1 is 1.25 bits per heavy atom. The van der Waals surface area contributed by atoms with Crippen molar-refractivity contribution >= 4 is 29.5 Å². The second-order valence-corrected chi connectivity index (χ2v) is 8.73. The maximum Gasteiger partial charge on any atom is 0.327 e. The highest BCUT2D eigenvalue weighted by Crippen LogP contribution is 2.54. The summed E-state index contributed by atoms with van der Waals surface area (Å²) in [5.74, 6) is -1.68. The third-order valence-electron chi connectivity index (χ3n) is 4.77. The third kappa shape index (κ3) is 2.22. The van der Waals surface area contributed by atoms with Gasteiger partial charge >= 0.3 is 5.97 Å². The molecule has 0 aromatic heterocycles. The number of thioether (sulfide) groups is 1. The number of fused-ring (bicyclic) bond motifs is 1. The van der Waals surface area contributed by atoms with Crippen LogP contribution in [0.3, 0.4) is 0 Å². The van der Waals surface area contributed by atoms with Crippen LogP contribution < -0.4 is 5.32 Å². The van der Waals surface area contributed by atoms with Crippen LogP contribution in [0, 0.1) is 6.92 Å². The fraction of sp³-hybridized carbons (Fsp3) is 0.471. The van der Waals surface area contributed by atoms with Gasteiger partial charge in [-0.05, 0) is 39.3 Å². The van der Waals surface area contributed by atoms with Crippen molar-refractivity contribution in [3.05, 3.63) is 35.4 Å². The van der Waals surface area contributed by atoms with Crippen molar-refractivity contribution in [1.29, 1.82) is 0 Å². The number of hydrogen-bond donors (Lipinski definition) is 2. The summed E-state index contributed by atoms with van der Waals surface area (Å²) in [5.41, 5.74) is 0.248. The van der Waals surface area contributed by atoms with Gasteiger partial charge in [-0.2, -0.15) is 0 Å². The molecule has 3 rings (SSSR count). The van der Waals surface area contributed by atoms with Crippen molar-refractivity contribution < 1.29 is 19.5 Å². The van der Waals surface area contributed by atoms with Gasteiger partial charge < -0.3 is 15.3 Å². The Bertz CT molecular complexity index is 748. The van der Waals surface area contributed by atoms with E-state index in [4.69, 9.17) is 0 Å². The molecule has 2 heterocycles. The van der Waals surface area contributed by atoms with Crippen molar-refractivity contribution in [1.82, 2.24) is 10.2 Å². The van der Waals surface area contributed by atoms with Crippen LogP contribution in [0.1, 0.15) is 36.7 Å². The fourth-order valence-electron chi connectivity index (χ4n) is 3.47. The molecular weight excluding hydrogens is 328 g/mol. The Kier molecular flexibility index (Phi) is 3.67. The van der Waals surface area contributed by atoms with Crippen molar-refractivity contribution in [2.24, 2.45) is 0 Å². The van der Waals surface area contributed by atoms with E-state index in [1.807, 2.05) is 32.9 Å². The van der Waals surface area contributed by atoms with E-state index in [0.717, 1.165) is 5.56 Å². The Morgan fingerprint density at radius 2 is 1.88 bits per heavy atom. The Labute approximate surface area is 144 Å². The van der Waals surface area contributed by atoms with Gasteiger partial charge in [-0.3, -0.25) is 9.59 Å². The van der Waals surface area contributed by atoms with Crippen molar-refractivity contribution in [3.8, 4) is 0 Å². The number of aryl methyl sites for hydroxylation is 1. The lowest BCUT2D eigenvalue weighted by atomic mass is 9.86. The van der Waals surface area contributed by atoms with Crippen LogP contribution in [0.5, 0.6) is 0 Å². The van der Waals surface area contributed by atoms with Crippen LogP contribution in [0.15, 0.2) is 24.3 Å². The van der Waals surface area contributed by atoms with E-state index in [-0.39, 0.29) is 17.2 Å². The van der Waals surface area contributed by atoms with Crippen LogP contribution in [-0.2, 0) is 9.59 Å². The lowest BCUT2D eigenvalue weighted by molar-refractivity contribution is -0.165. The first kappa shape index (κ1) is 16.8. The molecule has 0 spiro atoms. The molecule has 2 aliphatic rings. The van der Waals surface area contributed by atoms with E-state index in [9.17, 15) is 19.5 Å². The number of rotatable bonds is 3. The van der Waals surface area contributed by atoms with Gasteiger partial charge in [0.05, 0.1) is 0 Å². The predicted molar refractivity (Wildman–Crippen MR) is 90.8 cm³/mol. The average molecular weight is 348 g/mol. The van der Waals surface area contributed by atoms with E-state index in [2.05, 4.69) is 5.32 Å². The van der Waals surface area contributed by atoms with Gasteiger partial charge in [0.15, 0.2) is 0 Å².